The number of hydrogen-bond acceptors (Lipinski definition) is 2. The second-order valence-electron chi connectivity index (χ2n) is 4.90. The Morgan fingerprint density at radius 2 is 1.50 bits per heavy atom. The third-order valence-electron chi connectivity index (χ3n) is 3.10. The summed E-state index contributed by atoms with van der Waals surface area (Å²) in [6.45, 7) is 0. The first-order chi connectivity index (χ1) is 10.7. The van der Waals surface area contributed by atoms with E-state index in [1.807, 2.05) is 0 Å². The van der Waals surface area contributed by atoms with E-state index in [1.54, 1.807) is 0 Å². The summed E-state index contributed by atoms with van der Waals surface area (Å²) in [5.74, 6) is -0.869. The Morgan fingerprint density at radius 1 is 0.958 bits per heavy atom. The van der Waals surface area contributed by atoms with Crippen LogP contribution in [0.15, 0.2) is 12.1 Å². The lowest BCUT2D eigenvalue weighted by Crippen LogP contribution is -2.22. The lowest BCUT2D eigenvalue weighted by molar-refractivity contribution is -0.143. The van der Waals surface area contributed by atoms with Gasteiger partial charge in [-0.1, -0.05) is 0 Å². The summed E-state index contributed by atoms with van der Waals surface area (Å²) >= 11 is 0. The van der Waals surface area contributed by atoms with E-state index < -0.39 is 59.9 Å². The van der Waals surface area contributed by atoms with Crippen LogP contribution in [-0.2, 0) is 12.4 Å². The van der Waals surface area contributed by atoms with Crippen LogP contribution in [-0.4, -0.2) is 13.3 Å². The van der Waals surface area contributed by atoms with Crippen molar-refractivity contribution in [3.05, 3.63) is 28.8 Å². The number of alkyl halides is 9. The van der Waals surface area contributed by atoms with Gasteiger partial charge >= 0.3 is 18.5 Å². The number of hydrogen-bond donors (Lipinski definition) is 1. The summed E-state index contributed by atoms with van der Waals surface area (Å²) in [5, 5.41) is 0. The van der Waals surface area contributed by atoms with Crippen LogP contribution in [0.5, 0.6) is 5.75 Å². The maximum atomic E-state index is 13.1. The molecular weight excluding hydrogens is 357 g/mol. The van der Waals surface area contributed by atoms with Crippen LogP contribution in [0.4, 0.5) is 39.5 Å². The van der Waals surface area contributed by atoms with Crippen molar-refractivity contribution in [3.63, 3.8) is 0 Å². The minimum Gasteiger partial charge on any atom is -0.496 e. The molecule has 138 valence electrons. The van der Waals surface area contributed by atoms with Crippen molar-refractivity contribution >= 4 is 0 Å². The molecule has 1 aromatic rings. The minimum absolute atomic E-state index is 0.189. The van der Waals surface area contributed by atoms with E-state index in [-0.39, 0.29) is 12.1 Å². The second kappa shape index (κ2) is 6.69. The zero-order valence-electron chi connectivity index (χ0n) is 12.0. The fraction of sp³-hybridized carbons (Fsp3) is 0.538. The maximum absolute atomic E-state index is 13.1. The van der Waals surface area contributed by atoms with Crippen LogP contribution in [0, 0.1) is 0 Å². The van der Waals surface area contributed by atoms with Gasteiger partial charge in [-0.2, -0.15) is 39.5 Å². The molecule has 24 heavy (non-hydrogen) atoms. The molecule has 0 heterocycles. The highest BCUT2D eigenvalue weighted by molar-refractivity contribution is 5.48. The van der Waals surface area contributed by atoms with E-state index in [4.69, 9.17) is 5.73 Å². The van der Waals surface area contributed by atoms with Gasteiger partial charge in [0.25, 0.3) is 0 Å². The molecule has 1 rings (SSSR count). The first-order valence-corrected chi connectivity index (χ1v) is 6.35. The summed E-state index contributed by atoms with van der Waals surface area (Å²) in [6, 6.07) is -1.72. The zero-order chi connectivity index (χ0) is 18.9. The fourth-order valence-corrected chi connectivity index (χ4v) is 2.04. The second-order valence-corrected chi connectivity index (χ2v) is 4.90. The molecule has 1 atom stereocenters. The number of methoxy groups -OCH3 is 1. The Kier molecular flexibility index (Phi) is 5.69. The van der Waals surface area contributed by atoms with Gasteiger partial charge in [0, 0.05) is 18.0 Å². The fourth-order valence-electron chi connectivity index (χ4n) is 2.04. The molecule has 0 amide bonds. The molecular formula is C13H12F9NO. The van der Waals surface area contributed by atoms with Crippen molar-refractivity contribution in [2.45, 2.75) is 37.4 Å². The highest BCUT2D eigenvalue weighted by Gasteiger charge is 2.41. The summed E-state index contributed by atoms with van der Waals surface area (Å²) in [6.07, 6.45) is -17.4. The van der Waals surface area contributed by atoms with E-state index >= 15 is 0 Å². The van der Waals surface area contributed by atoms with E-state index in [9.17, 15) is 39.5 Å². The smallest absolute Gasteiger partial charge is 0.416 e. The predicted octanol–water partition coefficient (Wildman–Crippen LogP) is 5.08. The maximum Gasteiger partial charge on any atom is 0.416 e. The van der Waals surface area contributed by atoms with Gasteiger partial charge in [0.2, 0.25) is 0 Å². The highest BCUT2D eigenvalue weighted by atomic mass is 19.4. The molecule has 0 saturated carbocycles. The Balaban J connectivity index is 3.46. The Morgan fingerprint density at radius 3 is 1.88 bits per heavy atom. The van der Waals surface area contributed by atoms with Crippen LogP contribution in [0.3, 0.4) is 0 Å². The molecule has 0 fully saturated rings. The normalized spacial score (nSPS) is 14.6. The first kappa shape index (κ1) is 20.4. The quantitative estimate of drug-likeness (QED) is 0.752. The third kappa shape index (κ3) is 5.18. The van der Waals surface area contributed by atoms with Crippen LogP contribution >= 0.6 is 0 Å². The van der Waals surface area contributed by atoms with Gasteiger partial charge in [-0.15, -0.1) is 0 Å². The molecule has 0 aliphatic heterocycles. The standard InChI is InChI=1S/C13H12F9NO/c1-24-9-5-6(12(17,18)19)4-7(13(20,21)22)10(9)8(23)2-3-11(14,15)16/h4-5,8H,2-3,23H2,1H3/t8-/m0/s1. The molecule has 1 aromatic carbocycles. The summed E-state index contributed by atoms with van der Waals surface area (Å²) in [5.41, 5.74) is 1.02. The predicted molar refractivity (Wildman–Crippen MR) is 65.2 cm³/mol. The van der Waals surface area contributed by atoms with Crippen molar-refractivity contribution in [2.75, 3.05) is 7.11 Å². The molecule has 11 heteroatoms. The molecule has 0 saturated heterocycles. The Hall–Kier alpha value is -1.65. The van der Waals surface area contributed by atoms with Gasteiger partial charge in [-0.25, -0.2) is 0 Å². The lowest BCUT2D eigenvalue weighted by atomic mass is 9.93. The average molecular weight is 369 g/mol. The van der Waals surface area contributed by atoms with Crippen LogP contribution in [0.2, 0.25) is 0 Å². The topological polar surface area (TPSA) is 35.2 Å². The van der Waals surface area contributed by atoms with Crippen molar-refractivity contribution < 1.29 is 44.3 Å². The number of ether oxygens (including phenoxy) is 1. The molecule has 0 aliphatic rings. The lowest BCUT2D eigenvalue weighted by Gasteiger charge is -2.23. The monoisotopic (exact) mass is 369 g/mol. The molecule has 2 nitrogen and oxygen atoms in total. The summed E-state index contributed by atoms with van der Waals surface area (Å²) < 4.78 is 118. The molecule has 0 spiro atoms. The average Bonchev–Trinajstić information content (AvgIpc) is 2.40. The number of nitrogens with two attached hydrogens (primary N) is 1. The molecule has 0 unspecified atom stereocenters. The Bertz CT molecular complexity index is 575. The van der Waals surface area contributed by atoms with Gasteiger partial charge in [-0.3, -0.25) is 0 Å². The van der Waals surface area contributed by atoms with Gasteiger partial charge < -0.3 is 10.5 Å². The van der Waals surface area contributed by atoms with E-state index in [0.717, 1.165) is 7.11 Å². The molecule has 0 aliphatic carbocycles. The van der Waals surface area contributed by atoms with E-state index in [1.165, 1.54) is 0 Å². The van der Waals surface area contributed by atoms with Crippen LogP contribution in [0.1, 0.15) is 35.6 Å². The van der Waals surface area contributed by atoms with E-state index in [2.05, 4.69) is 4.74 Å². The van der Waals surface area contributed by atoms with Crippen LogP contribution in [0.25, 0.3) is 0 Å². The molecule has 0 aromatic heterocycles. The summed E-state index contributed by atoms with van der Waals surface area (Å²) in [7, 11) is 0.801. The SMILES string of the molecule is COc1cc(C(F)(F)F)cc(C(F)(F)F)c1[C@@H](N)CCC(F)(F)F. The first-order valence-electron chi connectivity index (χ1n) is 6.35. The van der Waals surface area contributed by atoms with Crippen molar-refractivity contribution in [3.8, 4) is 5.75 Å². The molecule has 2 N–H and O–H groups in total. The third-order valence-corrected chi connectivity index (χ3v) is 3.10. The van der Waals surface area contributed by atoms with Crippen molar-refractivity contribution in [2.24, 2.45) is 5.73 Å². The van der Waals surface area contributed by atoms with E-state index in [0.29, 0.717) is 0 Å². The minimum atomic E-state index is -5.25. The number of halogens is 9. The van der Waals surface area contributed by atoms with Crippen LogP contribution < -0.4 is 10.5 Å². The highest BCUT2D eigenvalue weighted by Crippen LogP contribution is 2.44. The number of benzene rings is 1. The van der Waals surface area contributed by atoms with Gasteiger partial charge in [0.15, 0.2) is 0 Å². The Labute approximate surface area is 130 Å². The summed E-state index contributed by atoms with van der Waals surface area (Å²) in [4.78, 5) is 0. The van der Waals surface area contributed by atoms with Gasteiger partial charge in [0.1, 0.15) is 5.75 Å². The van der Waals surface area contributed by atoms with Gasteiger partial charge in [-0.05, 0) is 18.6 Å². The number of rotatable bonds is 4. The van der Waals surface area contributed by atoms with Gasteiger partial charge in [0.05, 0.1) is 18.2 Å². The molecule has 0 radical (unpaired) electrons. The molecule has 0 bridgehead atoms. The largest absolute Gasteiger partial charge is 0.496 e. The zero-order valence-corrected chi connectivity index (χ0v) is 12.0. The van der Waals surface area contributed by atoms with Crippen molar-refractivity contribution in [1.29, 1.82) is 0 Å². The van der Waals surface area contributed by atoms with Crippen molar-refractivity contribution in [1.82, 2.24) is 0 Å².